The van der Waals surface area contributed by atoms with Crippen LogP contribution in [0, 0.1) is 6.07 Å². The molecular weight excluding hydrogens is 1200 g/mol. The number of rotatable bonds is 7. The summed E-state index contributed by atoms with van der Waals surface area (Å²) in [6, 6.07) is 64.2. The molecule has 0 aliphatic heterocycles. The van der Waals surface area contributed by atoms with E-state index in [-0.39, 0.29) is 59.3 Å². The molecule has 3 heterocycles. The van der Waals surface area contributed by atoms with Crippen LogP contribution in [0.5, 0.6) is 5.75 Å². The molecule has 0 aliphatic carbocycles. The van der Waals surface area contributed by atoms with Crippen molar-refractivity contribution in [1.29, 1.82) is 0 Å². The average molecular weight is 1290 g/mol. The van der Waals surface area contributed by atoms with Crippen LogP contribution in [0.4, 0.5) is 0 Å². The van der Waals surface area contributed by atoms with Crippen molar-refractivity contribution in [1.82, 2.24) is 19.1 Å². The van der Waals surface area contributed by atoms with Crippen molar-refractivity contribution in [3.63, 3.8) is 0 Å². The summed E-state index contributed by atoms with van der Waals surface area (Å²) in [4.78, 5) is 10.8. The van der Waals surface area contributed by atoms with Gasteiger partial charge in [-0.3, -0.25) is 9.55 Å². The molecule has 0 unspecified atom stereocenters. The van der Waals surface area contributed by atoms with E-state index in [2.05, 4.69) is 304 Å². The first-order valence-electron chi connectivity index (χ1n) is 29.7. The second kappa shape index (κ2) is 21.3. The number of para-hydroxylation sites is 1. The third-order valence-electron chi connectivity index (χ3n) is 16.9. The summed E-state index contributed by atoms with van der Waals surface area (Å²) < 4.78 is 4.71. The van der Waals surface area contributed by atoms with Gasteiger partial charge in [-0.15, -0.1) is 29.3 Å². The molecule has 11 aromatic rings. The summed E-state index contributed by atoms with van der Waals surface area (Å²) in [7, 11) is 0. The molecular formula is C78H83N4OPt-. The summed E-state index contributed by atoms with van der Waals surface area (Å²) >= 11 is 0. The number of hydrogen-bond donors (Lipinski definition) is 1. The molecule has 11 rings (SSSR count). The van der Waals surface area contributed by atoms with E-state index in [0.29, 0.717) is 11.4 Å². The van der Waals surface area contributed by atoms with Gasteiger partial charge in [0.05, 0.1) is 33.3 Å². The van der Waals surface area contributed by atoms with Gasteiger partial charge in [-0.05, 0) is 138 Å². The summed E-state index contributed by atoms with van der Waals surface area (Å²) in [6.45, 7) is 40.6. The number of phenols is 1. The topological polar surface area (TPSA) is 55.9 Å². The number of pyridine rings is 1. The van der Waals surface area contributed by atoms with Gasteiger partial charge in [0.1, 0.15) is 11.6 Å². The molecule has 432 valence electrons. The van der Waals surface area contributed by atoms with E-state index in [1.165, 1.54) is 44.1 Å². The first-order valence-corrected chi connectivity index (χ1v) is 29.7. The predicted octanol–water partition coefficient (Wildman–Crippen LogP) is 21.1. The smallest absolute Gasteiger partial charge is 0.148 e. The number of fused-ring (bicyclic) bond motifs is 4. The molecule has 0 amide bonds. The van der Waals surface area contributed by atoms with Crippen LogP contribution >= 0.6 is 0 Å². The van der Waals surface area contributed by atoms with Crippen molar-refractivity contribution >= 4 is 32.8 Å². The molecule has 0 saturated carbocycles. The minimum atomic E-state index is -0.347. The minimum absolute atomic E-state index is 0. The number of hydrogen-bond acceptors (Lipinski definition) is 3. The fraction of sp³-hybridized carbons (Fsp3) is 0.308. The molecule has 0 aliphatic rings. The van der Waals surface area contributed by atoms with Crippen LogP contribution in [-0.2, 0) is 53.6 Å². The molecule has 84 heavy (non-hydrogen) atoms. The van der Waals surface area contributed by atoms with Crippen LogP contribution in [0.3, 0.4) is 0 Å². The molecule has 1 N–H and O–H groups in total. The van der Waals surface area contributed by atoms with Gasteiger partial charge in [-0.2, -0.15) is 0 Å². The van der Waals surface area contributed by atoms with Gasteiger partial charge in [0.2, 0.25) is 0 Å². The normalized spacial score (nSPS) is 12.8. The van der Waals surface area contributed by atoms with Crippen LogP contribution in [0.1, 0.15) is 158 Å². The zero-order valence-corrected chi connectivity index (χ0v) is 55.0. The third-order valence-corrected chi connectivity index (χ3v) is 16.9. The van der Waals surface area contributed by atoms with Crippen molar-refractivity contribution in [3.05, 3.63) is 209 Å². The monoisotopic (exact) mass is 1290 g/mol. The van der Waals surface area contributed by atoms with E-state index in [1.807, 2.05) is 6.20 Å². The Balaban J connectivity index is 0.00000786. The Morgan fingerprint density at radius 3 is 1.50 bits per heavy atom. The predicted molar refractivity (Wildman–Crippen MR) is 353 cm³/mol. The Labute approximate surface area is 514 Å². The average Bonchev–Trinajstić information content (AvgIpc) is 1.72. The maximum atomic E-state index is 12.7. The van der Waals surface area contributed by atoms with Crippen molar-refractivity contribution in [2.45, 2.75) is 157 Å². The van der Waals surface area contributed by atoms with Crippen LogP contribution in [-0.4, -0.2) is 24.2 Å². The first-order chi connectivity index (χ1) is 38.8. The number of aromatic nitrogens is 4. The minimum Gasteiger partial charge on any atom is -0.507 e. The Morgan fingerprint density at radius 1 is 0.393 bits per heavy atom. The van der Waals surface area contributed by atoms with Crippen LogP contribution < -0.4 is 0 Å². The summed E-state index contributed by atoms with van der Waals surface area (Å²) in [5.41, 5.74) is 21.3. The fourth-order valence-electron chi connectivity index (χ4n) is 11.7. The van der Waals surface area contributed by atoms with Gasteiger partial charge in [0.15, 0.2) is 0 Å². The standard InChI is InChI=1S/C78H83N4O.Pt/c1-73(2,3)53-29-34-66(60(43-53)49-23-20-19-21-24-49)82-69-26-22-25-59(70(69)80-72(82)63-46-57(77(13,14)15)47-64(71(63)83)78(16,17)18)51-39-52(41-56(40-51)76(10,11)12)65-42-50(37-38-79-65)48-27-32-58(33-28-48)81-67-35-30-54(74(4,5)6)44-61(67)62-45-55(75(7,8)9)31-36-68(62)81;/h19-38,40-47,83H,1-18H3;/q-1;. The van der Waals surface area contributed by atoms with Gasteiger partial charge in [-0.25, -0.2) is 4.98 Å². The zero-order valence-electron chi connectivity index (χ0n) is 52.7. The van der Waals surface area contributed by atoms with E-state index in [0.717, 1.165) is 78.2 Å². The Bertz CT molecular complexity index is 4230. The SMILES string of the molecule is CC(C)(C)c1cc(-c2cc(-c3ccc(-n4c5ccc(C(C)(C)C)cc5c5cc(C(C)(C)C)ccc54)cc3)ccn2)[c-]c(-c2cccc3c2nc(-c2cc(C(C)(C)C)cc(C(C)(C)C)c2O)n3-c2ccc(C(C)(C)C)cc2-c2ccccc2)c1.[Pt]. The number of nitrogens with zero attached hydrogens (tertiary/aromatic N) is 4. The van der Waals surface area contributed by atoms with E-state index in [4.69, 9.17) is 9.97 Å². The second-order valence-electron chi connectivity index (χ2n) is 29.4. The maximum absolute atomic E-state index is 12.7. The van der Waals surface area contributed by atoms with Gasteiger partial charge in [0.25, 0.3) is 0 Å². The van der Waals surface area contributed by atoms with Crippen molar-refractivity contribution in [2.75, 3.05) is 0 Å². The number of phenolic OH excluding ortho intramolecular Hbond substituents is 1. The molecule has 0 radical (unpaired) electrons. The first kappa shape index (κ1) is 59.8. The molecule has 6 heteroatoms. The largest absolute Gasteiger partial charge is 0.507 e. The van der Waals surface area contributed by atoms with Crippen molar-refractivity contribution in [2.24, 2.45) is 0 Å². The quantitative estimate of drug-likeness (QED) is 0.162. The molecule has 8 aromatic carbocycles. The Kier molecular flexibility index (Phi) is 15.2. The second-order valence-corrected chi connectivity index (χ2v) is 29.4. The van der Waals surface area contributed by atoms with Gasteiger partial charge in [-0.1, -0.05) is 221 Å². The Morgan fingerprint density at radius 2 is 0.929 bits per heavy atom. The molecule has 0 saturated heterocycles. The van der Waals surface area contributed by atoms with Crippen LogP contribution in [0.15, 0.2) is 170 Å². The summed E-state index contributed by atoms with van der Waals surface area (Å²) in [6.07, 6.45) is 1.93. The van der Waals surface area contributed by atoms with Crippen molar-refractivity contribution in [3.8, 4) is 73.2 Å². The van der Waals surface area contributed by atoms with Gasteiger partial charge in [0, 0.05) is 60.5 Å². The van der Waals surface area contributed by atoms with Crippen LogP contribution in [0.25, 0.3) is 100 Å². The molecule has 0 bridgehead atoms. The fourth-order valence-corrected chi connectivity index (χ4v) is 11.7. The maximum Gasteiger partial charge on any atom is 0.148 e. The molecule has 3 aromatic heterocycles. The number of benzene rings is 8. The molecule has 0 atom stereocenters. The Hall–Kier alpha value is -7.33. The van der Waals surface area contributed by atoms with Gasteiger partial charge >= 0.3 is 0 Å². The third kappa shape index (κ3) is 11.3. The molecule has 5 nitrogen and oxygen atoms in total. The van der Waals surface area contributed by atoms with Crippen molar-refractivity contribution < 1.29 is 26.2 Å². The zero-order chi connectivity index (χ0) is 59.5. The summed E-state index contributed by atoms with van der Waals surface area (Å²) in [5.74, 6) is 0.925. The van der Waals surface area contributed by atoms with E-state index < -0.39 is 0 Å². The number of imidazole rings is 1. The summed E-state index contributed by atoms with van der Waals surface area (Å²) in [5, 5.41) is 15.3. The van der Waals surface area contributed by atoms with Crippen LogP contribution in [0.2, 0.25) is 0 Å². The van der Waals surface area contributed by atoms with Gasteiger partial charge < -0.3 is 9.67 Å². The van der Waals surface area contributed by atoms with E-state index in [9.17, 15) is 5.11 Å². The molecule has 0 fully saturated rings. The molecule has 0 spiro atoms. The van der Waals surface area contributed by atoms with E-state index >= 15 is 0 Å². The number of aromatic hydroxyl groups is 1. The van der Waals surface area contributed by atoms with E-state index in [1.54, 1.807) is 0 Å².